The lowest BCUT2D eigenvalue weighted by Gasteiger charge is -2.30. The molecule has 2 aromatic carbocycles. The van der Waals surface area contributed by atoms with Gasteiger partial charge in [0.2, 0.25) is 5.95 Å². The number of anilines is 1. The van der Waals surface area contributed by atoms with Gasteiger partial charge in [-0.05, 0) is 44.0 Å². The number of aryl methyl sites for hydroxylation is 1. The smallest absolute Gasteiger partial charge is 0.387 e. The molecule has 0 unspecified atom stereocenters. The van der Waals surface area contributed by atoms with Crippen molar-refractivity contribution in [3.8, 4) is 16.9 Å². The third-order valence-electron chi connectivity index (χ3n) is 6.67. The lowest BCUT2D eigenvalue weighted by molar-refractivity contribution is -0.142. The topological polar surface area (TPSA) is 93.4 Å². The summed E-state index contributed by atoms with van der Waals surface area (Å²) in [4.78, 5) is 26.3. The van der Waals surface area contributed by atoms with Crippen LogP contribution in [0, 0.1) is 18.7 Å². The van der Waals surface area contributed by atoms with E-state index in [0.29, 0.717) is 64.9 Å². The Balaban J connectivity index is 1.45. The molecule has 0 saturated carbocycles. The fourth-order valence-electron chi connectivity index (χ4n) is 4.69. The van der Waals surface area contributed by atoms with Gasteiger partial charge in [0, 0.05) is 53.3 Å². The SMILES string of the molecule is Cc1nc2cc(F)c(-c3cnc(N4CCC(C(=O)O)CC4)nc3)cc2n1Cc1cc(Cl)ccc1OC(F)F. The minimum Gasteiger partial charge on any atom is -0.481 e. The fourth-order valence-corrected chi connectivity index (χ4v) is 4.88. The van der Waals surface area contributed by atoms with E-state index < -0.39 is 18.4 Å². The average Bonchev–Trinajstić information content (AvgIpc) is 3.18. The van der Waals surface area contributed by atoms with Crippen LogP contribution in [0.4, 0.5) is 19.1 Å². The van der Waals surface area contributed by atoms with Crippen LogP contribution in [-0.2, 0) is 11.3 Å². The third-order valence-corrected chi connectivity index (χ3v) is 6.91. The van der Waals surface area contributed by atoms with Crippen LogP contribution in [0.25, 0.3) is 22.2 Å². The number of hydrogen-bond acceptors (Lipinski definition) is 6. The highest BCUT2D eigenvalue weighted by atomic mass is 35.5. The highest BCUT2D eigenvalue weighted by molar-refractivity contribution is 6.30. The molecule has 198 valence electrons. The van der Waals surface area contributed by atoms with Crippen molar-refractivity contribution in [3.05, 3.63) is 65.0 Å². The predicted molar refractivity (Wildman–Crippen MR) is 135 cm³/mol. The number of carbonyl (C=O) groups is 1. The largest absolute Gasteiger partial charge is 0.481 e. The molecule has 1 N–H and O–H groups in total. The first-order chi connectivity index (χ1) is 18.2. The number of hydrogen-bond donors (Lipinski definition) is 1. The summed E-state index contributed by atoms with van der Waals surface area (Å²) in [6, 6.07) is 7.33. The molecule has 38 heavy (non-hydrogen) atoms. The maximum absolute atomic E-state index is 15.1. The summed E-state index contributed by atoms with van der Waals surface area (Å²) in [6.07, 6.45) is 4.06. The van der Waals surface area contributed by atoms with E-state index in [1.54, 1.807) is 23.6 Å². The number of aliphatic carboxylic acids is 1. The normalized spacial score (nSPS) is 14.4. The Morgan fingerprint density at radius 3 is 2.55 bits per heavy atom. The molecule has 0 bridgehead atoms. The fraction of sp³-hybridized carbons (Fsp3) is 0.308. The zero-order chi connectivity index (χ0) is 27.0. The van der Waals surface area contributed by atoms with E-state index in [-0.39, 0.29) is 23.8 Å². The van der Waals surface area contributed by atoms with Gasteiger partial charge in [-0.3, -0.25) is 4.79 Å². The molecule has 8 nitrogen and oxygen atoms in total. The molecule has 1 aliphatic heterocycles. The van der Waals surface area contributed by atoms with Gasteiger partial charge in [0.25, 0.3) is 0 Å². The lowest BCUT2D eigenvalue weighted by Crippen LogP contribution is -2.37. The summed E-state index contributed by atoms with van der Waals surface area (Å²) in [5.41, 5.74) is 2.11. The number of imidazole rings is 1. The van der Waals surface area contributed by atoms with E-state index in [9.17, 15) is 18.7 Å². The van der Waals surface area contributed by atoms with Crippen molar-refractivity contribution in [1.29, 1.82) is 0 Å². The van der Waals surface area contributed by atoms with Gasteiger partial charge in [0.1, 0.15) is 17.4 Å². The van der Waals surface area contributed by atoms with Crippen LogP contribution in [-0.4, -0.2) is 50.3 Å². The van der Waals surface area contributed by atoms with E-state index in [2.05, 4.69) is 19.7 Å². The second-order valence-corrected chi connectivity index (χ2v) is 9.50. The molecule has 4 aromatic rings. The second kappa shape index (κ2) is 10.5. The third kappa shape index (κ3) is 5.24. The number of benzene rings is 2. The standard InChI is InChI=1S/C26H23ClF3N5O3/c1-14-33-21-10-20(28)19(17-11-31-26(32-12-17)34-6-4-15(5-7-34)24(36)37)9-22(21)35(14)13-16-8-18(27)2-3-23(16)38-25(29)30/h2-3,8-12,15,25H,4-7,13H2,1H3,(H,36,37). The van der Waals surface area contributed by atoms with Gasteiger partial charge in [-0.1, -0.05) is 11.6 Å². The molecule has 12 heteroatoms. The Morgan fingerprint density at radius 2 is 1.89 bits per heavy atom. The number of carboxylic acid groups (broad SMARTS) is 1. The maximum atomic E-state index is 15.1. The molecule has 0 aliphatic carbocycles. The minimum absolute atomic E-state index is 0.00985. The summed E-state index contributed by atoms with van der Waals surface area (Å²) in [6.45, 7) is -0.0900. The number of aromatic nitrogens is 4. The first-order valence-electron chi connectivity index (χ1n) is 11.9. The molecule has 3 heterocycles. The molecule has 0 atom stereocenters. The lowest BCUT2D eigenvalue weighted by atomic mass is 9.97. The Hall–Kier alpha value is -3.86. The number of piperidine rings is 1. The maximum Gasteiger partial charge on any atom is 0.387 e. The molecule has 1 saturated heterocycles. The van der Waals surface area contributed by atoms with Gasteiger partial charge in [-0.15, -0.1) is 0 Å². The first kappa shape index (κ1) is 25.8. The van der Waals surface area contributed by atoms with Crippen molar-refractivity contribution >= 4 is 34.6 Å². The molecular weight excluding hydrogens is 523 g/mol. The molecule has 1 aliphatic rings. The molecule has 2 aromatic heterocycles. The number of nitrogens with zero attached hydrogens (tertiary/aromatic N) is 5. The van der Waals surface area contributed by atoms with Gasteiger partial charge in [-0.25, -0.2) is 19.3 Å². The quantitative estimate of drug-likeness (QED) is 0.326. The summed E-state index contributed by atoms with van der Waals surface area (Å²) in [5, 5.41) is 9.55. The van der Waals surface area contributed by atoms with Crippen molar-refractivity contribution < 1.29 is 27.8 Å². The number of halogens is 4. The van der Waals surface area contributed by atoms with Crippen molar-refractivity contribution in [1.82, 2.24) is 19.5 Å². The first-order valence-corrected chi connectivity index (χ1v) is 12.3. The Kier molecular flexibility index (Phi) is 7.11. The average molecular weight is 546 g/mol. The van der Waals surface area contributed by atoms with Gasteiger partial charge < -0.3 is 19.3 Å². The Labute approximate surface area is 220 Å². The molecule has 0 amide bonds. The van der Waals surface area contributed by atoms with Crippen LogP contribution in [0.5, 0.6) is 5.75 Å². The molecule has 0 radical (unpaired) electrons. The zero-order valence-corrected chi connectivity index (χ0v) is 21.0. The molecular formula is C26H23ClF3N5O3. The minimum atomic E-state index is -3.00. The van der Waals surface area contributed by atoms with E-state index in [0.717, 1.165) is 0 Å². The van der Waals surface area contributed by atoms with Crippen LogP contribution < -0.4 is 9.64 Å². The van der Waals surface area contributed by atoms with Gasteiger partial charge in [0.05, 0.1) is 23.5 Å². The number of fused-ring (bicyclic) bond motifs is 1. The van der Waals surface area contributed by atoms with Crippen molar-refractivity contribution in [2.45, 2.75) is 32.9 Å². The highest BCUT2D eigenvalue weighted by Gasteiger charge is 2.26. The van der Waals surface area contributed by atoms with Crippen LogP contribution >= 0.6 is 11.6 Å². The Bertz CT molecular complexity index is 1490. The van der Waals surface area contributed by atoms with Crippen LogP contribution in [0.2, 0.25) is 5.02 Å². The van der Waals surface area contributed by atoms with Gasteiger partial charge in [-0.2, -0.15) is 8.78 Å². The van der Waals surface area contributed by atoms with Crippen molar-refractivity contribution in [2.24, 2.45) is 5.92 Å². The molecule has 1 fully saturated rings. The van der Waals surface area contributed by atoms with Crippen molar-refractivity contribution in [3.63, 3.8) is 0 Å². The number of alkyl halides is 2. The van der Waals surface area contributed by atoms with E-state index in [1.165, 1.54) is 30.6 Å². The number of carboxylic acids is 1. The second-order valence-electron chi connectivity index (χ2n) is 9.07. The zero-order valence-electron chi connectivity index (χ0n) is 20.2. The molecule has 5 rings (SSSR count). The van der Waals surface area contributed by atoms with Crippen LogP contribution in [0.1, 0.15) is 24.2 Å². The summed E-state index contributed by atoms with van der Waals surface area (Å²) >= 11 is 6.11. The van der Waals surface area contributed by atoms with E-state index in [4.69, 9.17) is 11.6 Å². The summed E-state index contributed by atoms with van der Waals surface area (Å²) in [7, 11) is 0. The monoisotopic (exact) mass is 545 g/mol. The van der Waals surface area contributed by atoms with Crippen LogP contribution in [0.3, 0.4) is 0 Å². The number of ether oxygens (including phenoxy) is 1. The van der Waals surface area contributed by atoms with Gasteiger partial charge >= 0.3 is 12.6 Å². The predicted octanol–water partition coefficient (Wildman–Crippen LogP) is 5.54. The summed E-state index contributed by atoms with van der Waals surface area (Å²) < 4.78 is 47.4. The number of rotatable bonds is 7. The molecule has 0 spiro atoms. The highest BCUT2D eigenvalue weighted by Crippen LogP contribution is 2.31. The van der Waals surface area contributed by atoms with Gasteiger partial charge in [0.15, 0.2) is 0 Å². The van der Waals surface area contributed by atoms with E-state index >= 15 is 4.39 Å². The Morgan fingerprint density at radius 1 is 1.18 bits per heavy atom. The van der Waals surface area contributed by atoms with E-state index in [1.807, 2.05) is 4.90 Å². The summed E-state index contributed by atoms with van der Waals surface area (Å²) in [5.74, 6) is -0.683. The van der Waals surface area contributed by atoms with Crippen LogP contribution in [0.15, 0.2) is 42.7 Å². The van der Waals surface area contributed by atoms with Crippen molar-refractivity contribution in [2.75, 3.05) is 18.0 Å².